The fourth-order valence-electron chi connectivity index (χ4n) is 2.12. The summed E-state index contributed by atoms with van der Waals surface area (Å²) in [6.45, 7) is 7.53. The third-order valence-electron chi connectivity index (χ3n) is 3.32. The zero-order chi connectivity index (χ0) is 13.8. The quantitative estimate of drug-likeness (QED) is 0.822. The number of halogens is 1. The van der Waals surface area contributed by atoms with Gasteiger partial charge in [-0.15, -0.1) is 11.3 Å². The molecule has 102 valence electrons. The first kappa shape index (κ1) is 14.8. The summed E-state index contributed by atoms with van der Waals surface area (Å²) in [7, 11) is 0. The maximum atomic E-state index is 3.60. The van der Waals surface area contributed by atoms with Crippen LogP contribution in [0.4, 0.5) is 0 Å². The first-order valence-electron chi connectivity index (χ1n) is 6.59. The van der Waals surface area contributed by atoms with E-state index in [1.165, 1.54) is 25.4 Å². The summed E-state index contributed by atoms with van der Waals surface area (Å²) in [6, 6.07) is 11.3. The van der Waals surface area contributed by atoms with Crippen LogP contribution in [0.5, 0.6) is 0 Å². The van der Waals surface area contributed by atoms with E-state index in [4.69, 9.17) is 0 Å². The molecule has 1 unspecified atom stereocenters. The van der Waals surface area contributed by atoms with Crippen LogP contribution in [0, 0.1) is 13.8 Å². The third-order valence-corrected chi connectivity index (χ3v) is 5.46. The molecule has 0 radical (unpaired) electrons. The molecule has 1 aromatic carbocycles. The molecule has 0 saturated heterocycles. The summed E-state index contributed by atoms with van der Waals surface area (Å²) < 4.78 is 1.22. The van der Waals surface area contributed by atoms with Crippen molar-refractivity contribution in [3.63, 3.8) is 0 Å². The largest absolute Gasteiger partial charge is 0.309 e. The summed E-state index contributed by atoms with van der Waals surface area (Å²) >= 11 is 5.43. The van der Waals surface area contributed by atoms with Gasteiger partial charge in [0.2, 0.25) is 0 Å². The SMILES string of the molecule is Cc1ccccc1CC(C)NCc1cc(Br)c(C)s1. The van der Waals surface area contributed by atoms with Gasteiger partial charge in [0.05, 0.1) is 0 Å². The third kappa shape index (κ3) is 4.16. The Hall–Kier alpha value is -0.640. The molecule has 0 spiro atoms. The van der Waals surface area contributed by atoms with Gasteiger partial charge < -0.3 is 5.32 Å². The fraction of sp³-hybridized carbons (Fsp3) is 0.375. The lowest BCUT2D eigenvalue weighted by molar-refractivity contribution is 0.548. The number of thiophene rings is 1. The molecule has 1 heterocycles. The smallest absolute Gasteiger partial charge is 0.0314 e. The van der Waals surface area contributed by atoms with E-state index in [0.717, 1.165) is 13.0 Å². The highest BCUT2D eigenvalue weighted by Gasteiger charge is 2.07. The van der Waals surface area contributed by atoms with Crippen molar-refractivity contribution in [2.75, 3.05) is 0 Å². The van der Waals surface area contributed by atoms with Crippen molar-refractivity contribution in [2.24, 2.45) is 0 Å². The molecule has 0 amide bonds. The molecule has 1 aromatic heterocycles. The Morgan fingerprint density at radius 2 is 2.00 bits per heavy atom. The van der Waals surface area contributed by atoms with Gasteiger partial charge in [-0.05, 0) is 60.3 Å². The van der Waals surface area contributed by atoms with E-state index in [1.54, 1.807) is 0 Å². The van der Waals surface area contributed by atoms with Crippen LogP contribution >= 0.6 is 27.3 Å². The van der Waals surface area contributed by atoms with Gasteiger partial charge in [0.15, 0.2) is 0 Å². The maximum absolute atomic E-state index is 3.60. The predicted octanol–water partition coefficient (Wildman–Crippen LogP) is 4.85. The van der Waals surface area contributed by atoms with Gasteiger partial charge in [0, 0.05) is 26.8 Å². The van der Waals surface area contributed by atoms with Crippen molar-refractivity contribution in [1.29, 1.82) is 0 Å². The molecular weight excluding hydrogens is 318 g/mol. The molecule has 1 nitrogen and oxygen atoms in total. The van der Waals surface area contributed by atoms with Crippen molar-refractivity contribution < 1.29 is 0 Å². The Balaban J connectivity index is 1.88. The van der Waals surface area contributed by atoms with Gasteiger partial charge in [-0.2, -0.15) is 0 Å². The Morgan fingerprint density at radius 3 is 2.63 bits per heavy atom. The minimum absolute atomic E-state index is 0.488. The Bertz CT molecular complexity index is 528. The first-order valence-corrected chi connectivity index (χ1v) is 8.20. The Morgan fingerprint density at radius 1 is 1.26 bits per heavy atom. The second-order valence-corrected chi connectivity index (χ2v) is 7.22. The van der Waals surface area contributed by atoms with E-state index in [1.807, 2.05) is 11.3 Å². The van der Waals surface area contributed by atoms with E-state index in [-0.39, 0.29) is 0 Å². The van der Waals surface area contributed by atoms with E-state index >= 15 is 0 Å². The Labute approximate surface area is 128 Å². The van der Waals surface area contributed by atoms with E-state index in [9.17, 15) is 0 Å². The molecule has 0 aliphatic rings. The molecule has 1 atom stereocenters. The number of hydrogen-bond acceptors (Lipinski definition) is 2. The zero-order valence-corrected chi connectivity index (χ0v) is 14.1. The summed E-state index contributed by atoms with van der Waals surface area (Å²) in [5, 5.41) is 3.60. The van der Waals surface area contributed by atoms with Crippen LogP contribution in [0.1, 0.15) is 27.8 Å². The number of aryl methyl sites for hydroxylation is 2. The van der Waals surface area contributed by atoms with Gasteiger partial charge >= 0.3 is 0 Å². The first-order chi connectivity index (χ1) is 9.06. The summed E-state index contributed by atoms with van der Waals surface area (Å²) in [5.74, 6) is 0. The Kier molecular flexibility index (Phi) is 5.20. The minimum Gasteiger partial charge on any atom is -0.309 e. The van der Waals surface area contributed by atoms with Crippen LogP contribution in [-0.4, -0.2) is 6.04 Å². The second kappa shape index (κ2) is 6.69. The molecule has 1 N–H and O–H groups in total. The molecule has 2 rings (SSSR count). The normalized spacial score (nSPS) is 12.6. The zero-order valence-electron chi connectivity index (χ0n) is 11.7. The van der Waals surface area contributed by atoms with Crippen molar-refractivity contribution in [2.45, 2.75) is 39.8 Å². The summed E-state index contributed by atoms with van der Waals surface area (Å²) in [6.07, 6.45) is 1.08. The molecule has 0 bridgehead atoms. The van der Waals surface area contributed by atoms with E-state index < -0.39 is 0 Å². The maximum Gasteiger partial charge on any atom is 0.0314 e. The van der Waals surface area contributed by atoms with Gasteiger partial charge in [-0.3, -0.25) is 0 Å². The molecule has 0 aliphatic carbocycles. The van der Waals surface area contributed by atoms with Crippen molar-refractivity contribution in [3.05, 3.63) is 55.7 Å². The van der Waals surface area contributed by atoms with E-state index in [2.05, 4.69) is 72.3 Å². The molecule has 0 aliphatic heterocycles. The van der Waals surface area contributed by atoms with Gasteiger partial charge in [0.25, 0.3) is 0 Å². The minimum atomic E-state index is 0.488. The molecule has 19 heavy (non-hydrogen) atoms. The second-order valence-electron chi connectivity index (χ2n) is 5.03. The summed E-state index contributed by atoms with van der Waals surface area (Å²) in [5.41, 5.74) is 2.82. The highest BCUT2D eigenvalue weighted by atomic mass is 79.9. The monoisotopic (exact) mass is 337 g/mol. The lowest BCUT2D eigenvalue weighted by Crippen LogP contribution is -2.27. The van der Waals surface area contributed by atoms with E-state index in [0.29, 0.717) is 6.04 Å². The highest BCUT2D eigenvalue weighted by Crippen LogP contribution is 2.26. The molecule has 3 heteroatoms. The van der Waals surface area contributed by atoms with Crippen LogP contribution in [0.2, 0.25) is 0 Å². The lowest BCUT2D eigenvalue weighted by Gasteiger charge is -2.14. The van der Waals surface area contributed by atoms with Crippen molar-refractivity contribution in [1.82, 2.24) is 5.32 Å². The van der Waals surface area contributed by atoms with Crippen LogP contribution in [0.15, 0.2) is 34.8 Å². The fourth-order valence-corrected chi connectivity index (χ4v) is 3.67. The number of benzene rings is 1. The van der Waals surface area contributed by atoms with Gasteiger partial charge in [-0.25, -0.2) is 0 Å². The van der Waals surface area contributed by atoms with Gasteiger partial charge in [-0.1, -0.05) is 24.3 Å². The van der Waals surface area contributed by atoms with Crippen LogP contribution < -0.4 is 5.32 Å². The van der Waals surface area contributed by atoms with Crippen LogP contribution in [-0.2, 0) is 13.0 Å². The average Bonchev–Trinajstić information content (AvgIpc) is 2.69. The topological polar surface area (TPSA) is 12.0 Å². The average molecular weight is 338 g/mol. The van der Waals surface area contributed by atoms with Crippen molar-refractivity contribution >= 4 is 27.3 Å². The molecule has 2 aromatic rings. The number of nitrogens with one attached hydrogen (secondary N) is 1. The lowest BCUT2D eigenvalue weighted by atomic mass is 10.0. The van der Waals surface area contributed by atoms with Crippen molar-refractivity contribution in [3.8, 4) is 0 Å². The number of hydrogen-bond donors (Lipinski definition) is 1. The molecule has 0 fully saturated rings. The van der Waals surface area contributed by atoms with Gasteiger partial charge in [0.1, 0.15) is 0 Å². The van der Waals surface area contributed by atoms with Crippen LogP contribution in [0.3, 0.4) is 0 Å². The molecule has 0 saturated carbocycles. The predicted molar refractivity (Wildman–Crippen MR) is 87.9 cm³/mol. The summed E-state index contributed by atoms with van der Waals surface area (Å²) in [4.78, 5) is 2.74. The highest BCUT2D eigenvalue weighted by molar-refractivity contribution is 9.10. The standard InChI is InChI=1S/C16H20BrNS/c1-11-6-4-5-7-14(11)8-12(2)18-10-15-9-16(17)13(3)19-15/h4-7,9,12,18H,8,10H2,1-3H3. The number of rotatable bonds is 5. The molecular formula is C16H20BrNS. The van der Waals surface area contributed by atoms with Crippen LogP contribution in [0.25, 0.3) is 0 Å².